The minimum atomic E-state index is 0.601. The maximum Gasteiger partial charge on any atom is 0.212 e. The molecule has 1 aromatic carbocycles. The van der Waals surface area contributed by atoms with E-state index >= 15 is 0 Å². The quantitative estimate of drug-likeness (QED) is 0.721. The summed E-state index contributed by atoms with van der Waals surface area (Å²) in [6, 6.07) is 10.2. The predicted molar refractivity (Wildman–Crippen MR) is 61.9 cm³/mol. The molecule has 1 aromatic rings. The molecular formula is C13H15NO. The lowest BCUT2D eigenvalue weighted by Crippen LogP contribution is -2.04. The molecule has 0 aromatic heterocycles. The first kappa shape index (κ1) is 9.97. The van der Waals surface area contributed by atoms with Crippen molar-refractivity contribution in [3.05, 3.63) is 47.0 Å². The Balaban J connectivity index is 1.96. The average Bonchev–Trinajstić information content (AvgIpc) is 2.59. The van der Waals surface area contributed by atoms with Crippen LogP contribution in [0.25, 0.3) is 0 Å². The molecule has 1 heterocycles. The standard InChI is InChI=1S/C13H15NO/c1-10-8-14-13(11(10)2)15-9-12-6-4-3-5-7-12/h3-7H,8-9H2,1-2H3. The summed E-state index contributed by atoms with van der Waals surface area (Å²) in [7, 11) is 0. The van der Waals surface area contributed by atoms with E-state index in [1.807, 2.05) is 18.2 Å². The van der Waals surface area contributed by atoms with Crippen LogP contribution < -0.4 is 0 Å². The lowest BCUT2D eigenvalue weighted by molar-refractivity contribution is 0.293. The molecule has 0 aliphatic carbocycles. The molecule has 1 aliphatic heterocycles. The van der Waals surface area contributed by atoms with Crippen LogP contribution >= 0.6 is 0 Å². The highest BCUT2D eigenvalue weighted by Crippen LogP contribution is 2.15. The molecule has 0 N–H and O–H groups in total. The first-order chi connectivity index (χ1) is 7.27. The molecule has 15 heavy (non-hydrogen) atoms. The summed E-state index contributed by atoms with van der Waals surface area (Å²) in [6.07, 6.45) is 0. The second-order valence-electron chi connectivity index (χ2n) is 3.80. The van der Waals surface area contributed by atoms with Gasteiger partial charge in [-0.2, -0.15) is 0 Å². The zero-order valence-corrected chi connectivity index (χ0v) is 9.16. The van der Waals surface area contributed by atoms with Crippen LogP contribution in [-0.2, 0) is 11.3 Å². The van der Waals surface area contributed by atoms with Gasteiger partial charge in [-0.25, -0.2) is 4.99 Å². The summed E-state index contributed by atoms with van der Waals surface area (Å²) >= 11 is 0. The number of rotatable bonds is 2. The lowest BCUT2D eigenvalue weighted by atomic mass is 10.2. The van der Waals surface area contributed by atoms with Gasteiger partial charge in [0.1, 0.15) is 6.61 Å². The number of nitrogens with zero attached hydrogens (tertiary/aromatic N) is 1. The van der Waals surface area contributed by atoms with E-state index in [0.29, 0.717) is 6.61 Å². The van der Waals surface area contributed by atoms with E-state index in [2.05, 4.69) is 31.0 Å². The van der Waals surface area contributed by atoms with Crippen molar-refractivity contribution in [1.82, 2.24) is 0 Å². The second kappa shape index (κ2) is 4.30. The van der Waals surface area contributed by atoms with Crippen molar-refractivity contribution >= 4 is 5.90 Å². The fourth-order valence-electron chi connectivity index (χ4n) is 1.49. The molecule has 0 amide bonds. The Morgan fingerprint density at radius 3 is 2.53 bits per heavy atom. The average molecular weight is 201 g/mol. The summed E-state index contributed by atoms with van der Waals surface area (Å²) in [5.74, 6) is 0.802. The zero-order chi connectivity index (χ0) is 10.7. The van der Waals surface area contributed by atoms with E-state index in [9.17, 15) is 0 Å². The Bertz CT molecular complexity index is 404. The Kier molecular flexibility index (Phi) is 2.86. The minimum Gasteiger partial charge on any atom is -0.473 e. The highest BCUT2D eigenvalue weighted by Gasteiger charge is 2.13. The Hall–Kier alpha value is -1.57. The van der Waals surface area contributed by atoms with Crippen molar-refractivity contribution in [3.8, 4) is 0 Å². The second-order valence-corrected chi connectivity index (χ2v) is 3.80. The molecule has 0 atom stereocenters. The van der Waals surface area contributed by atoms with E-state index in [0.717, 1.165) is 12.4 Å². The lowest BCUT2D eigenvalue weighted by Gasteiger charge is -2.06. The molecule has 1 aliphatic rings. The van der Waals surface area contributed by atoms with Crippen LogP contribution in [0.1, 0.15) is 19.4 Å². The van der Waals surface area contributed by atoms with Gasteiger partial charge < -0.3 is 4.74 Å². The van der Waals surface area contributed by atoms with Gasteiger partial charge in [-0.05, 0) is 25.0 Å². The maximum atomic E-state index is 5.66. The third kappa shape index (κ3) is 2.27. The smallest absolute Gasteiger partial charge is 0.212 e. The van der Waals surface area contributed by atoms with Crippen molar-refractivity contribution in [1.29, 1.82) is 0 Å². The highest BCUT2D eigenvalue weighted by atomic mass is 16.5. The third-order valence-corrected chi connectivity index (χ3v) is 2.64. The molecule has 0 fully saturated rings. The predicted octanol–water partition coefficient (Wildman–Crippen LogP) is 2.95. The molecule has 2 rings (SSSR count). The number of ether oxygens (including phenoxy) is 1. The van der Waals surface area contributed by atoms with Gasteiger partial charge in [0.15, 0.2) is 0 Å². The Labute approximate surface area is 90.3 Å². The van der Waals surface area contributed by atoms with Crippen molar-refractivity contribution < 1.29 is 4.74 Å². The topological polar surface area (TPSA) is 21.6 Å². The normalized spacial score (nSPS) is 15.5. The monoisotopic (exact) mass is 201 g/mol. The molecule has 0 saturated carbocycles. The molecule has 0 saturated heterocycles. The van der Waals surface area contributed by atoms with Gasteiger partial charge in [0, 0.05) is 5.57 Å². The van der Waals surface area contributed by atoms with E-state index in [-0.39, 0.29) is 0 Å². The third-order valence-electron chi connectivity index (χ3n) is 2.64. The van der Waals surface area contributed by atoms with Crippen molar-refractivity contribution in [2.24, 2.45) is 4.99 Å². The van der Waals surface area contributed by atoms with Crippen LogP contribution in [0.15, 0.2) is 46.5 Å². The maximum absolute atomic E-state index is 5.66. The van der Waals surface area contributed by atoms with Crippen molar-refractivity contribution in [2.75, 3.05) is 6.54 Å². The Morgan fingerprint density at radius 1 is 1.20 bits per heavy atom. The Morgan fingerprint density at radius 2 is 1.93 bits per heavy atom. The van der Waals surface area contributed by atoms with Gasteiger partial charge in [0.25, 0.3) is 0 Å². The summed E-state index contributed by atoms with van der Waals surface area (Å²) in [5.41, 5.74) is 3.67. The highest BCUT2D eigenvalue weighted by molar-refractivity contribution is 5.95. The molecule has 78 valence electrons. The van der Waals surface area contributed by atoms with Crippen LogP contribution in [-0.4, -0.2) is 12.4 Å². The van der Waals surface area contributed by atoms with Gasteiger partial charge in [-0.3, -0.25) is 0 Å². The van der Waals surface area contributed by atoms with Gasteiger partial charge in [-0.15, -0.1) is 0 Å². The van der Waals surface area contributed by atoms with Crippen LogP contribution in [0.4, 0.5) is 0 Å². The first-order valence-corrected chi connectivity index (χ1v) is 5.15. The molecular weight excluding hydrogens is 186 g/mol. The molecule has 2 nitrogen and oxygen atoms in total. The number of hydrogen-bond donors (Lipinski definition) is 0. The fourth-order valence-corrected chi connectivity index (χ4v) is 1.49. The minimum absolute atomic E-state index is 0.601. The molecule has 0 unspecified atom stereocenters. The number of aliphatic imine (C=N–C) groups is 1. The number of hydrogen-bond acceptors (Lipinski definition) is 2. The van der Waals surface area contributed by atoms with Crippen LogP contribution in [0.5, 0.6) is 0 Å². The first-order valence-electron chi connectivity index (χ1n) is 5.15. The van der Waals surface area contributed by atoms with Crippen LogP contribution in [0.2, 0.25) is 0 Å². The van der Waals surface area contributed by atoms with Crippen LogP contribution in [0.3, 0.4) is 0 Å². The van der Waals surface area contributed by atoms with Crippen molar-refractivity contribution in [3.63, 3.8) is 0 Å². The van der Waals surface area contributed by atoms with E-state index < -0.39 is 0 Å². The van der Waals surface area contributed by atoms with Crippen LogP contribution in [0, 0.1) is 0 Å². The van der Waals surface area contributed by atoms with E-state index in [1.165, 1.54) is 16.7 Å². The van der Waals surface area contributed by atoms with Gasteiger partial charge in [0.2, 0.25) is 5.90 Å². The van der Waals surface area contributed by atoms with Gasteiger partial charge in [-0.1, -0.05) is 30.3 Å². The molecule has 0 bridgehead atoms. The van der Waals surface area contributed by atoms with E-state index in [4.69, 9.17) is 4.74 Å². The van der Waals surface area contributed by atoms with Crippen molar-refractivity contribution in [2.45, 2.75) is 20.5 Å². The summed E-state index contributed by atoms with van der Waals surface area (Å²) in [5, 5.41) is 0. The summed E-state index contributed by atoms with van der Waals surface area (Å²) < 4.78 is 5.66. The molecule has 0 radical (unpaired) electrons. The van der Waals surface area contributed by atoms with Gasteiger partial charge in [0.05, 0.1) is 6.54 Å². The van der Waals surface area contributed by atoms with Gasteiger partial charge >= 0.3 is 0 Å². The molecule has 0 spiro atoms. The summed E-state index contributed by atoms with van der Waals surface area (Å²) in [6.45, 7) is 5.55. The molecule has 2 heteroatoms. The summed E-state index contributed by atoms with van der Waals surface area (Å²) in [4.78, 5) is 4.33. The van der Waals surface area contributed by atoms with E-state index in [1.54, 1.807) is 0 Å². The largest absolute Gasteiger partial charge is 0.473 e. The zero-order valence-electron chi connectivity index (χ0n) is 9.16. The SMILES string of the molecule is CC1=C(C)C(OCc2ccccc2)=NC1. The number of benzene rings is 1. The fraction of sp³-hybridized carbons (Fsp3) is 0.308.